The number of nitrogens with zero attached hydrogens (tertiary/aromatic N) is 1. The molecule has 0 fully saturated rings. The first-order valence-corrected chi connectivity index (χ1v) is 6.72. The summed E-state index contributed by atoms with van der Waals surface area (Å²) in [6.45, 7) is 0. The van der Waals surface area contributed by atoms with Crippen LogP contribution in [0.4, 0.5) is 0 Å². The molecule has 0 spiro atoms. The van der Waals surface area contributed by atoms with E-state index in [1.54, 1.807) is 25.6 Å². The molecule has 0 atom stereocenters. The van der Waals surface area contributed by atoms with E-state index >= 15 is 0 Å². The molecule has 3 aromatic rings. The zero-order valence-electron chi connectivity index (χ0n) is 10.7. The Balaban J connectivity index is 2.24. The van der Waals surface area contributed by atoms with Crippen LogP contribution >= 0.6 is 11.3 Å². The van der Waals surface area contributed by atoms with E-state index in [1.807, 2.05) is 30.3 Å². The molecule has 0 aliphatic rings. The Labute approximate surface area is 115 Å². The third kappa shape index (κ3) is 2.04. The van der Waals surface area contributed by atoms with Gasteiger partial charge in [-0.1, -0.05) is 30.3 Å². The summed E-state index contributed by atoms with van der Waals surface area (Å²) in [5, 5.41) is 0.971. The highest BCUT2D eigenvalue weighted by molar-refractivity contribution is 7.22. The Morgan fingerprint density at radius 3 is 2.26 bits per heavy atom. The molecule has 2 aromatic carbocycles. The Kier molecular flexibility index (Phi) is 3.09. The Morgan fingerprint density at radius 1 is 0.895 bits per heavy atom. The topological polar surface area (TPSA) is 31.4 Å². The number of benzene rings is 2. The molecule has 0 N–H and O–H groups in total. The normalized spacial score (nSPS) is 10.6. The van der Waals surface area contributed by atoms with Crippen molar-refractivity contribution in [2.24, 2.45) is 0 Å². The second-order valence-corrected chi connectivity index (χ2v) is 5.03. The molecule has 0 saturated heterocycles. The zero-order valence-corrected chi connectivity index (χ0v) is 11.5. The fraction of sp³-hybridized carbons (Fsp3) is 0.133. The fourth-order valence-corrected chi connectivity index (χ4v) is 3.07. The van der Waals surface area contributed by atoms with Gasteiger partial charge in [0.15, 0.2) is 0 Å². The van der Waals surface area contributed by atoms with Gasteiger partial charge in [0.2, 0.25) is 0 Å². The summed E-state index contributed by atoms with van der Waals surface area (Å²) in [6.07, 6.45) is 0. The molecule has 3 nitrogen and oxygen atoms in total. The lowest BCUT2D eigenvalue weighted by atomic mass is 10.2. The minimum absolute atomic E-state index is 0.772. The van der Waals surface area contributed by atoms with Crippen molar-refractivity contribution in [2.45, 2.75) is 0 Å². The van der Waals surface area contributed by atoms with Gasteiger partial charge in [0.1, 0.15) is 26.7 Å². The van der Waals surface area contributed by atoms with Gasteiger partial charge >= 0.3 is 0 Å². The van der Waals surface area contributed by atoms with Gasteiger partial charge < -0.3 is 9.47 Å². The molecule has 0 amide bonds. The predicted octanol–water partition coefficient (Wildman–Crippen LogP) is 3.98. The molecule has 0 unspecified atom stereocenters. The molecule has 1 aromatic heterocycles. The van der Waals surface area contributed by atoms with Crippen molar-refractivity contribution in [1.82, 2.24) is 4.98 Å². The summed E-state index contributed by atoms with van der Waals surface area (Å²) in [5.74, 6) is 1.60. The molecule has 0 aliphatic carbocycles. The number of rotatable bonds is 3. The third-order valence-electron chi connectivity index (χ3n) is 2.93. The van der Waals surface area contributed by atoms with Gasteiger partial charge in [-0.2, -0.15) is 0 Å². The smallest absolute Gasteiger partial charge is 0.146 e. The SMILES string of the molecule is COc1ccc(OC)c2sc(-c3ccccc3)nc12. The summed E-state index contributed by atoms with van der Waals surface area (Å²) in [6, 6.07) is 13.9. The highest BCUT2D eigenvalue weighted by Crippen LogP contribution is 2.40. The number of hydrogen-bond acceptors (Lipinski definition) is 4. The summed E-state index contributed by atoms with van der Waals surface area (Å²) >= 11 is 1.61. The summed E-state index contributed by atoms with van der Waals surface area (Å²) < 4.78 is 11.8. The van der Waals surface area contributed by atoms with E-state index in [-0.39, 0.29) is 0 Å². The Morgan fingerprint density at radius 2 is 1.58 bits per heavy atom. The second-order valence-electron chi connectivity index (χ2n) is 4.03. The van der Waals surface area contributed by atoms with Crippen molar-refractivity contribution in [3.05, 3.63) is 42.5 Å². The van der Waals surface area contributed by atoms with E-state index in [0.717, 1.165) is 32.3 Å². The molecule has 0 saturated carbocycles. The lowest BCUT2D eigenvalue weighted by molar-refractivity contribution is 0.410. The molecule has 96 valence electrons. The van der Waals surface area contributed by atoms with Gasteiger partial charge in [0.05, 0.1) is 14.2 Å². The standard InChI is InChI=1S/C15H13NO2S/c1-17-11-8-9-12(18-2)14-13(11)16-15(19-14)10-6-4-3-5-7-10/h3-9H,1-2H3. The van der Waals surface area contributed by atoms with E-state index in [2.05, 4.69) is 17.1 Å². The quantitative estimate of drug-likeness (QED) is 0.722. The van der Waals surface area contributed by atoms with E-state index in [4.69, 9.17) is 9.47 Å². The van der Waals surface area contributed by atoms with Gasteiger partial charge in [-0.15, -0.1) is 11.3 Å². The average Bonchev–Trinajstić information content (AvgIpc) is 2.92. The molecular weight excluding hydrogens is 258 g/mol. The predicted molar refractivity (Wildman–Crippen MR) is 78.2 cm³/mol. The molecule has 0 radical (unpaired) electrons. The van der Waals surface area contributed by atoms with Crippen molar-refractivity contribution >= 4 is 21.6 Å². The van der Waals surface area contributed by atoms with E-state index in [1.165, 1.54) is 0 Å². The van der Waals surface area contributed by atoms with Gasteiger partial charge in [0, 0.05) is 5.56 Å². The molecule has 0 bridgehead atoms. The number of hydrogen-bond donors (Lipinski definition) is 0. The average molecular weight is 271 g/mol. The van der Waals surface area contributed by atoms with Crippen molar-refractivity contribution in [3.8, 4) is 22.1 Å². The number of methoxy groups -OCH3 is 2. The van der Waals surface area contributed by atoms with E-state index in [9.17, 15) is 0 Å². The van der Waals surface area contributed by atoms with Crippen molar-refractivity contribution < 1.29 is 9.47 Å². The van der Waals surface area contributed by atoms with Gasteiger partial charge in [-0.05, 0) is 12.1 Å². The largest absolute Gasteiger partial charge is 0.495 e. The van der Waals surface area contributed by atoms with Crippen LogP contribution < -0.4 is 9.47 Å². The summed E-state index contributed by atoms with van der Waals surface area (Å²) in [4.78, 5) is 4.68. The van der Waals surface area contributed by atoms with Crippen LogP contribution in [0.25, 0.3) is 20.8 Å². The van der Waals surface area contributed by atoms with Crippen molar-refractivity contribution in [1.29, 1.82) is 0 Å². The Bertz CT molecular complexity index is 666. The lowest BCUT2D eigenvalue weighted by Crippen LogP contribution is -1.87. The summed E-state index contributed by atoms with van der Waals surface area (Å²) in [5.41, 5.74) is 1.96. The maximum atomic E-state index is 5.39. The van der Waals surface area contributed by atoms with Crippen molar-refractivity contribution in [3.63, 3.8) is 0 Å². The fourth-order valence-electron chi connectivity index (χ4n) is 1.99. The molecule has 1 heterocycles. The van der Waals surface area contributed by atoms with Crippen LogP contribution in [0.1, 0.15) is 0 Å². The monoisotopic (exact) mass is 271 g/mol. The highest BCUT2D eigenvalue weighted by atomic mass is 32.1. The molecule has 0 aliphatic heterocycles. The number of ether oxygens (including phenoxy) is 2. The Hall–Kier alpha value is -2.07. The van der Waals surface area contributed by atoms with Crippen LogP contribution in [0.15, 0.2) is 42.5 Å². The van der Waals surface area contributed by atoms with Crippen LogP contribution in [-0.2, 0) is 0 Å². The number of aromatic nitrogens is 1. The number of fused-ring (bicyclic) bond motifs is 1. The zero-order chi connectivity index (χ0) is 13.2. The summed E-state index contributed by atoms with van der Waals surface area (Å²) in [7, 11) is 3.33. The minimum Gasteiger partial charge on any atom is -0.495 e. The maximum absolute atomic E-state index is 5.39. The minimum atomic E-state index is 0.772. The van der Waals surface area contributed by atoms with Crippen LogP contribution in [0.2, 0.25) is 0 Å². The van der Waals surface area contributed by atoms with Gasteiger partial charge in [-0.3, -0.25) is 0 Å². The molecule has 3 rings (SSSR count). The maximum Gasteiger partial charge on any atom is 0.146 e. The molecule has 4 heteroatoms. The second kappa shape index (κ2) is 4.90. The molecular formula is C15H13NO2S. The first-order valence-electron chi connectivity index (χ1n) is 5.90. The highest BCUT2D eigenvalue weighted by Gasteiger charge is 2.14. The first kappa shape index (κ1) is 12.0. The van der Waals surface area contributed by atoms with Gasteiger partial charge in [0.25, 0.3) is 0 Å². The van der Waals surface area contributed by atoms with Crippen LogP contribution in [0.5, 0.6) is 11.5 Å². The van der Waals surface area contributed by atoms with Crippen LogP contribution in [0, 0.1) is 0 Å². The lowest BCUT2D eigenvalue weighted by Gasteiger charge is -2.03. The van der Waals surface area contributed by atoms with E-state index < -0.39 is 0 Å². The van der Waals surface area contributed by atoms with Crippen LogP contribution in [-0.4, -0.2) is 19.2 Å². The number of thiazole rings is 1. The third-order valence-corrected chi connectivity index (χ3v) is 4.05. The van der Waals surface area contributed by atoms with Crippen LogP contribution in [0.3, 0.4) is 0 Å². The molecule has 19 heavy (non-hydrogen) atoms. The van der Waals surface area contributed by atoms with E-state index in [0.29, 0.717) is 0 Å². The van der Waals surface area contributed by atoms with Crippen molar-refractivity contribution in [2.75, 3.05) is 14.2 Å². The first-order chi connectivity index (χ1) is 9.33. The van der Waals surface area contributed by atoms with Gasteiger partial charge in [-0.25, -0.2) is 4.98 Å².